The van der Waals surface area contributed by atoms with E-state index in [9.17, 15) is 10.2 Å². The maximum Gasteiger partial charge on any atom is 0.0840 e. The van der Waals surface area contributed by atoms with Gasteiger partial charge in [0.15, 0.2) is 0 Å². The highest BCUT2D eigenvalue weighted by molar-refractivity contribution is 4.87. The summed E-state index contributed by atoms with van der Waals surface area (Å²) in [4.78, 5) is 0. The highest BCUT2D eigenvalue weighted by Gasteiger charge is 2.37. The summed E-state index contributed by atoms with van der Waals surface area (Å²) in [7, 11) is 0. The molecular formula is C8H14O3. The minimum atomic E-state index is -0.350. The first kappa shape index (κ1) is 7.53. The molecule has 3 nitrogen and oxygen atoms in total. The molecule has 0 radical (unpaired) electrons. The molecule has 2 aliphatic rings. The molecule has 4 atom stereocenters. The van der Waals surface area contributed by atoms with Crippen LogP contribution < -0.4 is 0 Å². The zero-order chi connectivity index (χ0) is 7.84. The third-order valence-electron chi connectivity index (χ3n) is 2.70. The van der Waals surface area contributed by atoms with Gasteiger partial charge in [-0.2, -0.15) is 0 Å². The van der Waals surface area contributed by atoms with E-state index in [1.54, 1.807) is 0 Å². The van der Waals surface area contributed by atoms with Crippen molar-refractivity contribution < 1.29 is 14.9 Å². The number of ether oxygens (including phenoxy) is 1. The lowest BCUT2D eigenvalue weighted by Gasteiger charge is -2.14. The van der Waals surface area contributed by atoms with Gasteiger partial charge in [-0.15, -0.1) is 0 Å². The number of aliphatic hydroxyl groups excluding tert-OH is 2. The molecule has 2 rings (SSSR count). The van der Waals surface area contributed by atoms with Crippen molar-refractivity contribution in [3.63, 3.8) is 0 Å². The molecule has 11 heavy (non-hydrogen) atoms. The van der Waals surface area contributed by atoms with E-state index in [1.807, 2.05) is 0 Å². The van der Waals surface area contributed by atoms with Crippen LogP contribution in [0.3, 0.4) is 0 Å². The molecule has 2 bridgehead atoms. The number of aliphatic hydroxyl groups is 2. The fourth-order valence-electron chi connectivity index (χ4n) is 1.97. The van der Waals surface area contributed by atoms with Crippen molar-refractivity contribution in [1.29, 1.82) is 0 Å². The van der Waals surface area contributed by atoms with Crippen LogP contribution in [0.15, 0.2) is 0 Å². The normalized spacial score (nSPS) is 50.7. The molecule has 0 aromatic carbocycles. The van der Waals surface area contributed by atoms with Crippen molar-refractivity contribution in [2.75, 3.05) is 0 Å². The molecule has 0 aliphatic carbocycles. The first-order valence-electron chi connectivity index (χ1n) is 4.29. The Balaban J connectivity index is 2.07. The van der Waals surface area contributed by atoms with Crippen LogP contribution in [0, 0.1) is 0 Å². The summed E-state index contributed by atoms with van der Waals surface area (Å²) in [5.74, 6) is 0. The van der Waals surface area contributed by atoms with Crippen LogP contribution in [-0.4, -0.2) is 34.6 Å². The molecule has 2 N–H and O–H groups in total. The molecule has 2 heterocycles. The monoisotopic (exact) mass is 158 g/mol. The average molecular weight is 158 g/mol. The number of fused-ring (bicyclic) bond motifs is 2. The Bertz CT molecular complexity index is 132. The molecular weight excluding hydrogens is 144 g/mol. The highest BCUT2D eigenvalue weighted by Crippen LogP contribution is 2.31. The molecule has 3 heteroatoms. The zero-order valence-corrected chi connectivity index (χ0v) is 6.44. The van der Waals surface area contributed by atoms with Crippen LogP contribution in [-0.2, 0) is 4.74 Å². The lowest BCUT2D eigenvalue weighted by molar-refractivity contribution is -0.0493. The second-order valence-electron chi connectivity index (χ2n) is 3.50. The Hall–Kier alpha value is -0.120. The van der Waals surface area contributed by atoms with E-state index in [4.69, 9.17) is 4.74 Å². The Kier molecular flexibility index (Phi) is 1.87. The largest absolute Gasteiger partial charge is 0.390 e. The van der Waals surface area contributed by atoms with Gasteiger partial charge < -0.3 is 14.9 Å². The second kappa shape index (κ2) is 2.73. The maximum atomic E-state index is 9.46. The standard InChI is InChI=1S/C8H14O3/c9-5-1-2-6(10)8-4-3-7(5)11-8/h5-10H,1-4H2/t5-,6+,7-,8+. The summed E-state index contributed by atoms with van der Waals surface area (Å²) in [5.41, 5.74) is 0. The highest BCUT2D eigenvalue weighted by atomic mass is 16.5. The molecule has 0 aromatic rings. The number of rotatable bonds is 0. The molecule has 64 valence electrons. The lowest BCUT2D eigenvalue weighted by Crippen LogP contribution is -2.24. The molecule has 2 fully saturated rings. The summed E-state index contributed by atoms with van der Waals surface area (Å²) in [5, 5.41) is 18.9. The SMILES string of the molecule is O[C@@H]1CC[C@H](O)[C@@H]2CC[C@H]1O2. The van der Waals surface area contributed by atoms with E-state index in [0.717, 1.165) is 12.8 Å². The van der Waals surface area contributed by atoms with Gasteiger partial charge in [-0.25, -0.2) is 0 Å². The average Bonchev–Trinajstić information content (AvgIpc) is 2.42. The Morgan fingerprint density at radius 1 is 0.818 bits per heavy atom. The van der Waals surface area contributed by atoms with Crippen LogP contribution in [0.25, 0.3) is 0 Å². The van der Waals surface area contributed by atoms with Crippen LogP contribution >= 0.6 is 0 Å². The topological polar surface area (TPSA) is 49.7 Å². The third-order valence-corrected chi connectivity index (χ3v) is 2.70. The van der Waals surface area contributed by atoms with Crippen LogP contribution in [0.4, 0.5) is 0 Å². The van der Waals surface area contributed by atoms with E-state index in [-0.39, 0.29) is 24.4 Å². The molecule has 0 saturated carbocycles. The van der Waals surface area contributed by atoms with Gasteiger partial charge in [-0.05, 0) is 25.7 Å². The van der Waals surface area contributed by atoms with Gasteiger partial charge in [-0.1, -0.05) is 0 Å². The Morgan fingerprint density at radius 2 is 1.27 bits per heavy atom. The fraction of sp³-hybridized carbons (Fsp3) is 1.00. The van der Waals surface area contributed by atoms with Crippen molar-refractivity contribution in [1.82, 2.24) is 0 Å². The molecule has 0 aromatic heterocycles. The second-order valence-corrected chi connectivity index (χ2v) is 3.50. The van der Waals surface area contributed by atoms with Gasteiger partial charge in [-0.3, -0.25) is 0 Å². The smallest absolute Gasteiger partial charge is 0.0840 e. The van der Waals surface area contributed by atoms with E-state index in [2.05, 4.69) is 0 Å². The van der Waals surface area contributed by atoms with Gasteiger partial charge in [0.1, 0.15) is 0 Å². The van der Waals surface area contributed by atoms with Crippen molar-refractivity contribution >= 4 is 0 Å². The van der Waals surface area contributed by atoms with Crippen LogP contribution in [0.2, 0.25) is 0 Å². The summed E-state index contributed by atoms with van der Waals surface area (Å²) in [6, 6.07) is 0. The summed E-state index contributed by atoms with van der Waals surface area (Å²) in [6.45, 7) is 0. The van der Waals surface area contributed by atoms with Crippen molar-refractivity contribution in [2.24, 2.45) is 0 Å². The summed E-state index contributed by atoms with van der Waals surface area (Å²) < 4.78 is 5.45. The van der Waals surface area contributed by atoms with Crippen LogP contribution in [0.1, 0.15) is 25.7 Å². The Labute approximate surface area is 66.0 Å². The van der Waals surface area contributed by atoms with E-state index in [1.165, 1.54) is 0 Å². The van der Waals surface area contributed by atoms with Gasteiger partial charge in [0.05, 0.1) is 24.4 Å². The van der Waals surface area contributed by atoms with Gasteiger partial charge in [0.25, 0.3) is 0 Å². The number of hydrogen-bond acceptors (Lipinski definition) is 3. The van der Waals surface area contributed by atoms with E-state index < -0.39 is 0 Å². The molecule has 0 unspecified atom stereocenters. The summed E-state index contributed by atoms with van der Waals surface area (Å²) in [6.07, 6.45) is 2.47. The molecule has 0 spiro atoms. The maximum absolute atomic E-state index is 9.46. The van der Waals surface area contributed by atoms with Crippen molar-refractivity contribution in [3.05, 3.63) is 0 Å². The predicted molar refractivity (Wildman–Crippen MR) is 39.1 cm³/mol. The molecule has 0 amide bonds. The van der Waals surface area contributed by atoms with Crippen LogP contribution in [0.5, 0.6) is 0 Å². The molecule has 2 aliphatic heterocycles. The van der Waals surface area contributed by atoms with Crippen molar-refractivity contribution in [3.8, 4) is 0 Å². The van der Waals surface area contributed by atoms with Gasteiger partial charge >= 0.3 is 0 Å². The van der Waals surface area contributed by atoms with Gasteiger partial charge in [0, 0.05) is 0 Å². The first-order chi connectivity index (χ1) is 5.27. The zero-order valence-electron chi connectivity index (χ0n) is 6.44. The first-order valence-corrected chi connectivity index (χ1v) is 4.29. The van der Waals surface area contributed by atoms with Crippen molar-refractivity contribution in [2.45, 2.75) is 50.1 Å². The quantitative estimate of drug-likeness (QED) is 0.523. The summed E-state index contributed by atoms with van der Waals surface area (Å²) >= 11 is 0. The minimum absolute atomic E-state index is 0.00264. The van der Waals surface area contributed by atoms with Gasteiger partial charge in [0.2, 0.25) is 0 Å². The fourth-order valence-corrected chi connectivity index (χ4v) is 1.97. The third kappa shape index (κ3) is 1.28. The predicted octanol–water partition coefficient (Wildman–Crippen LogP) is 0.0496. The minimum Gasteiger partial charge on any atom is -0.390 e. The van der Waals surface area contributed by atoms with E-state index in [0.29, 0.717) is 12.8 Å². The number of hydrogen-bond donors (Lipinski definition) is 2. The van der Waals surface area contributed by atoms with E-state index >= 15 is 0 Å². The Morgan fingerprint density at radius 3 is 1.73 bits per heavy atom. The molecule has 2 saturated heterocycles. The lowest BCUT2D eigenvalue weighted by atomic mass is 9.97.